The fourth-order valence-electron chi connectivity index (χ4n) is 2.35. The SMILES string of the molecule is CC(=O)CCC(=O)N[C@H]1Cc2c(Cl)c(F)cc(C(=O)O)c2OB1O. The molecule has 0 spiro atoms. The first kappa shape index (κ1) is 18.2. The monoisotopic (exact) mass is 357 g/mol. The van der Waals surface area contributed by atoms with E-state index in [2.05, 4.69) is 5.32 Å². The van der Waals surface area contributed by atoms with Gasteiger partial charge in [-0.3, -0.25) is 4.79 Å². The standard InChI is InChI=1S/C14H14BClFNO6/c1-6(19)2-3-11(20)18-10-5-7-12(16)9(17)4-8(14(21)22)13(7)24-15(10)23/h4,10,23H,2-3,5H2,1H3,(H,18,20)(H,21,22)/t10-/m0/s1. The number of carboxylic acid groups (broad SMARTS) is 1. The van der Waals surface area contributed by atoms with Gasteiger partial charge in [0, 0.05) is 18.4 Å². The molecule has 0 unspecified atom stereocenters. The van der Waals surface area contributed by atoms with E-state index in [-0.39, 0.29) is 41.4 Å². The second-order valence-electron chi connectivity index (χ2n) is 5.42. The maximum absolute atomic E-state index is 13.8. The summed E-state index contributed by atoms with van der Waals surface area (Å²) in [6.07, 6.45) is -0.132. The van der Waals surface area contributed by atoms with E-state index in [9.17, 15) is 23.8 Å². The third kappa shape index (κ3) is 3.85. The number of fused-ring (bicyclic) bond motifs is 1. The number of halogens is 2. The Balaban J connectivity index is 2.24. The molecule has 2 rings (SSSR count). The van der Waals surface area contributed by atoms with E-state index in [0.29, 0.717) is 6.07 Å². The van der Waals surface area contributed by atoms with Crippen molar-refractivity contribution >= 4 is 36.4 Å². The molecule has 1 aliphatic heterocycles. The molecule has 1 aliphatic rings. The largest absolute Gasteiger partial charge is 0.547 e. The molecule has 0 saturated carbocycles. The van der Waals surface area contributed by atoms with Gasteiger partial charge in [0.05, 0.1) is 11.0 Å². The van der Waals surface area contributed by atoms with Gasteiger partial charge in [0.1, 0.15) is 22.9 Å². The lowest BCUT2D eigenvalue weighted by Gasteiger charge is -2.29. The van der Waals surface area contributed by atoms with Crippen LogP contribution in [0.2, 0.25) is 5.02 Å². The normalized spacial score (nSPS) is 16.2. The molecule has 0 aromatic heterocycles. The van der Waals surface area contributed by atoms with Crippen molar-refractivity contribution in [1.82, 2.24) is 5.32 Å². The number of carbonyl (C=O) groups is 3. The second-order valence-corrected chi connectivity index (χ2v) is 5.80. The van der Waals surface area contributed by atoms with Gasteiger partial charge in [0.25, 0.3) is 0 Å². The van der Waals surface area contributed by atoms with E-state index in [1.54, 1.807) is 0 Å². The first-order valence-electron chi connectivity index (χ1n) is 7.08. The maximum atomic E-state index is 13.8. The molecule has 1 aromatic carbocycles. The van der Waals surface area contributed by atoms with Gasteiger partial charge in [0.15, 0.2) is 0 Å². The van der Waals surface area contributed by atoms with Crippen LogP contribution in [0.1, 0.15) is 35.7 Å². The highest BCUT2D eigenvalue weighted by atomic mass is 35.5. The van der Waals surface area contributed by atoms with Crippen molar-refractivity contribution in [3.05, 3.63) is 28.0 Å². The molecule has 1 amide bonds. The predicted molar refractivity (Wildman–Crippen MR) is 82.5 cm³/mol. The van der Waals surface area contributed by atoms with Gasteiger partial charge < -0.3 is 24.9 Å². The Morgan fingerprint density at radius 1 is 1.46 bits per heavy atom. The Bertz CT molecular complexity index is 713. The molecule has 128 valence electrons. The summed E-state index contributed by atoms with van der Waals surface area (Å²) in [5.41, 5.74) is -0.413. The number of hydrogen-bond acceptors (Lipinski definition) is 5. The van der Waals surface area contributed by atoms with Gasteiger partial charge in [-0.05, 0) is 19.4 Å². The molecule has 0 fully saturated rings. The molecule has 0 radical (unpaired) electrons. The number of nitrogens with one attached hydrogen (secondary N) is 1. The van der Waals surface area contributed by atoms with Crippen LogP contribution in [0.25, 0.3) is 0 Å². The molecular formula is C14H14BClFNO6. The number of ketones is 1. The lowest BCUT2D eigenvalue weighted by Crippen LogP contribution is -2.53. The Kier molecular flexibility index (Phi) is 5.45. The third-order valence-electron chi connectivity index (χ3n) is 3.55. The summed E-state index contributed by atoms with van der Waals surface area (Å²) in [5, 5.41) is 21.2. The van der Waals surface area contributed by atoms with Gasteiger partial charge in [-0.2, -0.15) is 0 Å². The van der Waals surface area contributed by atoms with E-state index in [1.807, 2.05) is 0 Å². The summed E-state index contributed by atoms with van der Waals surface area (Å²) in [5.74, 6) is -4.19. The number of benzene rings is 1. The van der Waals surface area contributed by atoms with Crippen molar-refractivity contribution in [2.75, 3.05) is 0 Å². The lowest BCUT2D eigenvalue weighted by atomic mass is 9.72. The Morgan fingerprint density at radius 2 is 2.12 bits per heavy atom. The number of rotatable bonds is 5. The minimum atomic E-state index is -1.53. The van der Waals surface area contributed by atoms with Crippen LogP contribution in [0.3, 0.4) is 0 Å². The van der Waals surface area contributed by atoms with Crippen molar-refractivity contribution in [3.63, 3.8) is 0 Å². The van der Waals surface area contributed by atoms with E-state index in [4.69, 9.17) is 21.4 Å². The minimum absolute atomic E-state index is 0.0463. The van der Waals surface area contributed by atoms with Gasteiger partial charge in [-0.15, -0.1) is 0 Å². The number of carboxylic acids is 1. The van der Waals surface area contributed by atoms with Crippen LogP contribution in [0, 0.1) is 5.82 Å². The van der Waals surface area contributed by atoms with Crippen molar-refractivity contribution in [2.45, 2.75) is 32.1 Å². The third-order valence-corrected chi connectivity index (χ3v) is 3.96. The summed E-state index contributed by atoms with van der Waals surface area (Å²) in [6, 6.07) is 0.710. The first-order valence-corrected chi connectivity index (χ1v) is 7.46. The number of carbonyl (C=O) groups excluding carboxylic acids is 2. The molecule has 0 bridgehead atoms. The first-order chi connectivity index (χ1) is 11.2. The van der Waals surface area contributed by atoms with E-state index < -0.39 is 36.3 Å². The summed E-state index contributed by atoms with van der Waals surface area (Å²) < 4.78 is 18.9. The minimum Gasteiger partial charge on any atom is -0.534 e. The van der Waals surface area contributed by atoms with Crippen molar-refractivity contribution in [2.24, 2.45) is 0 Å². The summed E-state index contributed by atoms with van der Waals surface area (Å²) in [4.78, 5) is 33.8. The van der Waals surface area contributed by atoms with Crippen LogP contribution < -0.4 is 9.97 Å². The molecule has 10 heteroatoms. The summed E-state index contributed by atoms with van der Waals surface area (Å²) >= 11 is 5.85. The highest BCUT2D eigenvalue weighted by Gasteiger charge is 2.39. The van der Waals surface area contributed by atoms with Crippen LogP contribution in [0.5, 0.6) is 5.75 Å². The zero-order valence-corrected chi connectivity index (χ0v) is 13.4. The topological polar surface area (TPSA) is 113 Å². The van der Waals surface area contributed by atoms with Crippen LogP contribution >= 0.6 is 11.6 Å². The maximum Gasteiger partial charge on any atom is 0.547 e. The van der Waals surface area contributed by atoms with Crippen molar-refractivity contribution in [1.29, 1.82) is 0 Å². The molecule has 1 heterocycles. The molecule has 3 N–H and O–H groups in total. The quantitative estimate of drug-likeness (QED) is 0.677. The number of hydrogen-bond donors (Lipinski definition) is 3. The van der Waals surface area contributed by atoms with Gasteiger partial charge in [-0.1, -0.05) is 11.6 Å². The van der Waals surface area contributed by atoms with Crippen LogP contribution in [0.15, 0.2) is 6.07 Å². The number of amides is 1. The lowest BCUT2D eigenvalue weighted by molar-refractivity contribution is -0.124. The van der Waals surface area contributed by atoms with Gasteiger partial charge in [0.2, 0.25) is 5.91 Å². The van der Waals surface area contributed by atoms with E-state index in [1.165, 1.54) is 6.92 Å². The van der Waals surface area contributed by atoms with Crippen LogP contribution in [-0.2, 0) is 16.0 Å². The smallest absolute Gasteiger partial charge is 0.534 e. The zero-order chi connectivity index (χ0) is 18.0. The molecular weight excluding hydrogens is 343 g/mol. The molecule has 24 heavy (non-hydrogen) atoms. The molecule has 1 aromatic rings. The molecule has 0 aliphatic carbocycles. The second kappa shape index (κ2) is 7.19. The van der Waals surface area contributed by atoms with E-state index in [0.717, 1.165) is 0 Å². The van der Waals surface area contributed by atoms with Gasteiger partial charge in [-0.25, -0.2) is 9.18 Å². The average Bonchev–Trinajstić information content (AvgIpc) is 2.50. The molecule has 1 atom stereocenters. The van der Waals surface area contributed by atoms with E-state index >= 15 is 0 Å². The molecule has 7 nitrogen and oxygen atoms in total. The zero-order valence-electron chi connectivity index (χ0n) is 12.6. The average molecular weight is 358 g/mol. The highest BCUT2D eigenvalue weighted by Crippen LogP contribution is 2.37. The Hall–Kier alpha value is -2.13. The number of aromatic carboxylic acids is 1. The van der Waals surface area contributed by atoms with Crippen LogP contribution in [0.4, 0.5) is 4.39 Å². The van der Waals surface area contributed by atoms with Crippen molar-refractivity contribution in [3.8, 4) is 5.75 Å². The molecule has 0 saturated heterocycles. The summed E-state index contributed by atoms with van der Waals surface area (Å²) in [7, 11) is -1.53. The number of Topliss-reactive ketones (excluding diaryl/α,β-unsaturated/α-hetero) is 1. The van der Waals surface area contributed by atoms with Crippen molar-refractivity contribution < 1.29 is 33.6 Å². The fourth-order valence-corrected chi connectivity index (χ4v) is 2.57. The Labute approximate surface area is 141 Å². The predicted octanol–water partition coefficient (Wildman–Crippen LogP) is 0.986. The Morgan fingerprint density at radius 3 is 2.71 bits per heavy atom. The highest BCUT2D eigenvalue weighted by molar-refractivity contribution is 6.47. The fraction of sp³-hybridized carbons (Fsp3) is 0.357. The summed E-state index contributed by atoms with van der Waals surface area (Å²) in [6.45, 7) is 1.35. The van der Waals surface area contributed by atoms with Crippen LogP contribution in [-0.4, -0.2) is 40.8 Å². The van der Waals surface area contributed by atoms with Gasteiger partial charge >= 0.3 is 13.1 Å².